The molecule has 0 fully saturated rings. The number of para-hydroxylation sites is 1. The van der Waals surface area contributed by atoms with Gasteiger partial charge in [-0.15, -0.1) is 0 Å². The number of hydrogen-bond acceptors (Lipinski definition) is 6. The highest BCUT2D eigenvalue weighted by atomic mass is 19.3. The SMILES string of the molecule is CC1(c2cc(Nc3cccc4cc(OC(F)F)cnc34)ccc2F)COCC(N)=N1. The molecule has 9 heteroatoms. The number of fused-ring (bicyclic) bond motifs is 1. The molecular formula is C21H19F3N4O2. The van der Waals surface area contributed by atoms with E-state index < -0.39 is 18.0 Å². The van der Waals surface area contributed by atoms with Crippen LogP contribution in [0.2, 0.25) is 0 Å². The maximum atomic E-state index is 14.6. The molecule has 1 atom stereocenters. The number of aromatic nitrogens is 1. The molecule has 3 N–H and O–H groups in total. The number of nitrogens with zero attached hydrogens (tertiary/aromatic N) is 2. The van der Waals surface area contributed by atoms with Gasteiger partial charge >= 0.3 is 6.61 Å². The Kier molecular flexibility index (Phi) is 5.21. The first-order valence-electron chi connectivity index (χ1n) is 9.17. The molecule has 0 saturated heterocycles. The standard InChI is InChI=1S/C21H19F3N4O2/c1-21(11-29-10-18(25)28-21)15-8-13(5-6-16(15)22)27-17-4-2-3-12-7-14(30-20(23)24)9-26-19(12)17/h2-9,20,27H,10-11H2,1H3,(H2,25,28). The van der Waals surface area contributed by atoms with E-state index in [0.29, 0.717) is 33.7 Å². The number of benzene rings is 2. The summed E-state index contributed by atoms with van der Waals surface area (Å²) in [5.74, 6) is -0.143. The minimum atomic E-state index is -2.93. The lowest BCUT2D eigenvalue weighted by atomic mass is 9.91. The van der Waals surface area contributed by atoms with Gasteiger partial charge in [-0.25, -0.2) is 4.39 Å². The summed E-state index contributed by atoms with van der Waals surface area (Å²) in [6.07, 6.45) is 1.23. The molecule has 156 valence electrons. The lowest BCUT2D eigenvalue weighted by Crippen LogP contribution is -2.38. The fourth-order valence-electron chi connectivity index (χ4n) is 3.45. The van der Waals surface area contributed by atoms with Crippen LogP contribution >= 0.6 is 0 Å². The van der Waals surface area contributed by atoms with E-state index in [1.54, 1.807) is 37.3 Å². The second kappa shape index (κ2) is 7.83. The van der Waals surface area contributed by atoms with Crippen molar-refractivity contribution in [3.63, 3.8) is 0 Å². The number of alkyl halides is 2. The molecule has 6 nitrogen and oxygen atoms in total. The zero-order valence-corrected chi connectivity index (χ0v) is 16.0. The van der Waals surface area contributed by atoms with Crippen molar-refractivity contribution < 1.29 is 22.6 Å². The number of anilines is 2. The molecule has 30 heavy (non-hydrogen) atoms. The third-order valence-corrected chi connectivity index (χ3v) is 4.76. The van der Waals surface area contributed by atoms with Gasteiger partial charge in [0.05, 0.1) is 24.0 Å². The first kappa shape index (κ1) is 20.0. The quantitative estimate of drug-likeness (QED) is 0.647. The Bertz CT molecular complexity index is 1120. The molecule has 1 unspecified atom stereocenters. The number of halogens is 3. The minimum Gasteiger partial charge on any atom is -0.433 e. The Balaban J connectivity index is 1.68. The molecule has 2 aromatic carbocycles. The Labute approximate surface area is 170 Å². The summed E-state index contributed by atoms with van der Waals surface area (Å²) in [5.41, 5.74) is 6.97. The van der Waals surface area contributed by atoms with E-state index in [4.69, 9.17) is 10.5 Å². The van der Waals surface area contributed by atoms with Gasteiger partial charge < -0.3 is 20.5 Å². The van der Waals surface area contributed by atoms with E-state index in [0.717, 1.165) is 0 Å². The van der Waals surface area contributed by atoms with E-state index in [9.17, 15) is 13.2 Å². The number of amidine groups is 1. The van der Waals surface area contributed by atoms with Crippen molar-refractivity contribution in [1.29, 1.82) is 0 Å². The predicted octanol–water partition coefficient (Wildman–Crippen LogP) is 4.32. The molecule has 2 heterocycles. The largest absolute Gasteiger partial charge is 0.433 e. The normalized spacial score (nSPS) is 19.0. The first-order valence-corrected chi connectivity index (χ1v) is 9.17. The zero-order valence-electron chi connectivity index (χ0n) is 16.0. The molecule has 0 aliphatic carbocycles. The number of ether oxygens (including phenoxy) is 2. The number of nitrogens with one attached hydrogen (secondary N) is 1. The third kappa shape index (κ3) is 4.02. The predicted molar refractivity (Wildman–Crippen MR) is 108 cm³/mol. The molecule has 1 aromatic heterocycles. The Morgan fingerprint density at radius 2 is 2.07 bits per heavy atom. The molecule has 0 saturated carbocycles. The Morgan fingerprint density at radius 3 is 2.83 bits per heavy atom. The molecule has 0 amide bonds. The zero-order chi connectivity index (χ0) is 21.3. The van der Waals surface area contributed by atoms with Gasteiger partial charge in [-0.1, -0.05) is 12.1 Å². The van der Waals surface area contributed by atoms with E-state index in [1.165, 1.54) is 18.3 Å². The number of pyridine rings is 1. The molecule has 0 spiro atoms. The lowest BCUT2D eigenvalue weighted by molar-refractivity contribution is -0.0499. The van der Waals surface area contributed by atoms with Crippen LogP contribution in [-0.2, 0) is 10.3 Å². The van der Waals surface area contributed by atoms with Crippen molar-refractivity contribution >= 4 is 28.1 Å². The van der Waals surface area contributed by atoms with Gasteiger partial charge in [-0.2, -0.15) is 8.78 Å². The van der Waals surface area contributed by atoms with Crippen molar-refractivity contribution in [2.45, 2.75) is 19.1 Å². The summed E-state index contributed by atoms with van der Waals surface area (Å²) in [5, 5.41) is 3.82. The number of hydrogen-bond donors (Lipinski definition) is 2. The Morgan fingerprint density at radius 1 is 1.23 bits per heavy atom. The lowest BCUT2D eigenvalue weighted by Gasteiger charge is -2.30. The van der Waals surface area contributed by atoms with E-state index >= 15 is 0 Å². The highest BCUT2D eigenvalue weighted by molar-refractivity contribution is 5.92. The van der Waals surface area contributed by atoms with Gasteiger partial charge in [0.2, 0.25) is 0 Å². The molecule has 0 bridgehead atoms. The van der Waals surface area contributed by atoms with Gasteiger partial charge in [0, 0.05) is 16.6 Å². The third-order valence-electron chi connectivity index (χ3n) is 4.76. The van der Waals surface area contributed by atoms with Crippen LogP contribution in [0.15, 0.2) is 53.7 Å². The fourth-order valence-corrected chi connectivity index (χ4v) is 3.45. The van der Waals surface area contributed by atoms with E-state index in [2.05, 4.69) is 20.0 Å². The molecule has 1 aliphatic heterocycles. The van der Waals surface area contributed by atoms with Crippen molar-refractivity contribution in [1.82, 2.24) is 4.98 Å². The van der Waals surface area contributed by atoms with Crippen LogP contribution in [0.4, 0.5) is 24.5 Å². The number of aliphatic imine (C=N–C) groups is 1. The summed E-state index contributed by atoms with van der Waals surface area (Å²) >= 11 is 0. The maximum absolute atomic E-state index is 14.6. The van der Waals surface area contributed by atoms with E-state index in [-0.39, 0.29) is 19.0 Å². The van der Waals surface area contributed by atoms with Crippen LogP contribution in [0.25, 0.3) is 10.9 Å². The van der Waals surface area contributed by atoms with Crippen LogP contribution in [0.1, 0.15) is 12.5 Å². The van der Waals surface area contributed by atoms with Crippen molar-refractivity contribution in [3.8, 4) is 5.75 Å². The maximum Gasteiger partial charge on any atom is 0.387 e. The fraction of sp³-hybridized carbons (Fsp3) is 0.238. The average molecular weight is 416 g/mol. The highest BCUT2D eigenvalue weighted by Crippen LogP contribution is 2.34. The first-order chi connectivity index (χ1) is 14.3. The van der Waals surface area contributed by atoms with Gasteiger partial charge in [0.1, 0.15) is 29.5 Å². The monoisotopic (exact) mass is 416 g/mol. The summed E-state index contributed by atoms with van der Waals surface area (Å²) in [4.78, 5) is 8.62. The van der Waals surface area contributed by atoms with Gasteiger partial charge in [0.15, 0.2) is 0 Å². The minimum absolute atomic E-state index is 0.0283. The molecule has 0 radical (unpaired) electrons. The van der Waals surface area contributed by atoms with E-state index in [1.807, 2.05) is 0 Å². The van der Waals surface area contributed by atoms with Gasteiger partial charge in [0.25, 0.3) is 0 Å². The van der Waals surface area contributed by atoms with Crippen LogP contribution in [0.3, 0.4) is 0 Å². The summed E-state index contributed by atoms with van der Waals surface area (Å²) < 4.78 is 49.3. The topological polar surface area (TPSA) is 81.8 Å². The van der Waals surface area contributed by atoms with Crippen LogP contribution in [0, 0.1) is 5.82 Å². The average Bonchev–Trinajstić information content (AvgIpc) is 2.69. The summed E-state index contributed by atoms with van der Waals surface area (Å²) in [6, 6.07) is 11.3. The number of rotatable bonds is 5. The number of nitrogens with two attached hydrogens (primary N) is 1. The highest BCUT2D eigenvalue weighted by Gasteiger charge is 2.32. The smallest absolute Gasteiger partial charge is 0.387 e. The van der Waals surface area contributed by atoms with Crippen molar-refractivity contribution in [2.75, 3.05) is 18.5 Å². The van der Waals surface area contributed by atoms with Gasteiger partial charge in [-0.3, -0.25) is 9.98 Å². The molecule has 4 rings (SSSR count). The van der Waals surface area contributed by atoms with Crippen LogP contribution in [0.5, 0.6) is 5.75 Å². The second-order valence-electron chi connectivity index (χ2n) is 7.12. The van der Waals surface area contributed by atoms with Gasteiger partial charge in [-0.05, 0) is 37.3 Å². The van der Waals surface area contributed by atoms with Crippen LogP contribution in [-0.4, -0.2) is 30.6 Å². The second-order valence-corrected chi connectivity index (χ2v) is 7.12. The summed E-state index contributed by atoms with van der Waals surface area (Å²) in [6.45, 7) is -0.749. The van der Waals surface area contributed by atoms with Crippen LogP contribution < -0.4 is 15.8 Å². The van der Waals surface area contributed by atoms with Crippen molar-refractivity contribution in [3.05, 3.63) is 60.0 Å². The molecular weight excluding hydrogens is 397 g/mol. The molecule has 1 aliphatic rings. The molecule has 3 aromatic rings. The van der Waals surface area contributed by atoms with Crippen molar-refractivity contribution in [2.24, 2.45) is 10.7 Å². The Hall–Kier alpha value is -3.33. The summed E-state index contributed by atoms with van der Waals surface area (Å²) in [7, 11) is 0.